The highest BCUT2D eigenvalue weighted by atomic mass is 19.4. The van der Waals surface area contributed by atoms with Crippen LogP contribution in [0.5, 0.6) is 0 Å². The van der Waals surface area contributed by atoms with Gasteiger partial charge in [0, 0.05) is 6.42 Å². The summed E-state index contributed by atoms with van der Waals surface area (Å²) in [5.41, 5.74) is -14.6. The number of carbonyl (C=O) groups excluding carboxylic acids is 2. The van der Waals surface area contributed by atoms with E-state index < -0.39 is 77.3 Å². The lowest BCUT2D eigenvalue weighted by Gasteiger charge is -2.44. The first kappa shape index (κ1) is 44.1. The van der Waals surface area contributed by atoms with Crippen molar-refractivity contribution in [1.82, 2.24) is 0 Å². The van der Waals surface area contributed by atoms with E-state index in [0.29, 0.717) is 20.3 Å². The lowest BCUT2D eigenvalue weighted by molar-refractivity contribution is -0.408. The Morgan fingerprint density at radius 2 is 1.09 bits per heavy atom. The standard InChI is InChI=1S/C14H22F6O3.C12H18F6O3/c1-5-9(4)11(21)23-10(6-8(2)3)7-12(22,13(15,16)17)14(18,19)20;1-6-8(2,3)7(19)21-9(4,5)10(20,11(13,14)15)12(16,17)18/h8-10,22H,5-7H2,1-4H3;20H,6H2,1-5H3. The fourth-order valence-corrected chi connectivity index (χ4v) is 3.30. The van der Waals surface area contributed by atoms with Gasteiger partial charge < -0.3 is 19.7 Å². The minimum absolute atomic E-state index is 0.137. The van der Waals surface area contributed by atoms with E-state index in [1.165, 1.54) is 27.7 Å². The largest absolute Gasteiger partial charge is 0.462 e. The summed E-state index contributed by atoms with van der Waals surface area (Å²) in [5.74, 6) is -3.13. The van der Waals surface area contributed by atoms with E-state index in [0.717, 1.165) is 0 Å². The van der Waals surface area contributed by atoms with Crippen molar-refractivity contribution < 1.29 is 82.0 Å². The van der Waals surface area contributed by atoms with Crippen LogP contribution in [0.1, 0.15) is 88.0 Å². The number of hydrogen-bond acceptors (Lipinski definition) is 6. The molecule has 0 heterocycles. The van der Waals surface area contributed by atoms with Gasteiger partial charge in [-0.15, -0.1) is 0 Å². The van der Waals surface area contributed by atoms with Gasteiger partial charge in [0.15, 0.2) is 5.60 Å². The molecule has 2 atom stereocenters. The third-order valence-corrected chi connectivity index (χ3v) is 6.97. The van der Waals surface area contributed by atoms with E-state index in [-0.39, 0.29) is 18.8 Å². The molecule has 0 radical (unpaired) electrons. The molecular weight excluding hydrogens is 636 g/mol. The van der Waals surface area contributed by atoms with Crippen LogP contribution >= 0.6 is 0 Å². The summed E-state index contributed by atoms with van der Waals surface area (Å²) in [4.78, 5) is 23.4. The second kappa shape index (κ2) is 14.6. The summed E-state index contributed by atoms with van der Waals surface area (Å²) in [6.45, 7) is 11.1. The van der Waals surface area contributed by atoms with Gasteiger partial charge in [0.05, 0.1) is 11.3 Å². The second-order valence-corrected chi connectivity index (χ2v) is 11.9. The van der Waals surface area contributed by atoms with Gasteiger partial charge in [-0.2, -0.15) is 52.7 Å². The Morgan fingerprint density at radius 3 is 1.36 bits per heavy atom. The normalized spacial score (nSPS) is 15.7. The van der Waals surface area contributed by atoms with Crippen molar-refractivity contribution in [2.45, 2.75) is 136 Å². The van der Waals surface area contributed by atoms with E-state index in [1.807, 2.05) is 0 Å². The van der Waals surface area contributed by atoms with Crippen LogP contribution in [-0.2, 0) is 19.1 Å². The van der Waals surface area contributed by atoms with Crippen molar-refractivity contribution in [1.29, 1.82) is 0 Å². The quantitative estimate of drug-likeness (QED) is 0.171. The Hall–Kier alpha value is -1.98. The van der Waals surface area contributed by atoms with Gasteiger partial charge in [0.2, 0.25) is 0 Å². The fraction of sp³-hybridized carbons (Fsp3) is 0.923. The van der Waals surface area contributed by atoms with Gasteiger partial charge in [-0.1, -0.05) is 34.6 Å². The van der Waals surface area contributed by atoms with Gasteiger partial charge in [-0.05, 0) is 52.9 Å². The molecule has 0 amide bonds. The van der Waals surface area contributed by atoms with Crippen LogP contribution in [0.3, 0.4) is 0 Å². The van der Waals surface area contributed by atoms with Crippen molar-refractivity contribution in [3.63, 3.8) is 0 Å². The molecule has 0 saturated heterocycles. The predicted molar refractivity (Wildman–Crippen MR) is 132 cm³/mol. The Kier molecular flexibility index (Phi) is 14.7. The molecule has 0 fully saturated rings. The number of hydrogen-bond donors (Lipinski definition) is 2. The lowest BCUT2D eigenvalue weighted by atomic mass is 9.83. The van der Waals surface area contributed by atoms with Gasteiger partial charge in [-0.3, -0.25) is 9.59 Å². The van der Waals surface area contributed by atoms with Gasteiger partial charge in [0.25, 0.3) is 11.2 Å². The lowest BCUT2D eigenvalue weighted by Crippen LogP contribution is -2.70. The molecule has 2 unspecified atom stereocenters. The zero-order valence-corrected chi connectivity index (χ0v) is 25.6. The average Bonchev–Trinajstić information content (AvgIpc) is 2.79. The van der Waals surface area contributed by atoms with E-state index >= 15 is 0 Å². The molecule has 2 N–H and O–H groups in total. The smallest absolute Gasteiger partial charge is 0.430 e. The number of alkyl halides is 12. The van der Waals surface area contributed by atoms with E-state index in [2.05, 4.69) is 4.74 Å². The molecule has 0 aromatic carbocycles. The minimum Gasteiger partial charge on any atom is -0.462 e. The molecule has 0 aliphatic carbocycles. The highest BCUT2D eigenvalue weighted by molar-refractivity contribution is 5.76. The minimum atomic E-state index is -6.06. The number of halogens is 12. The van der Waals surface area contributed by atoms with Crippen LogP contribution in [0.2, 0.25) is 0 Å². The maximum absolute atomic E-state index is 12.8. The van der Waals surface area contributed by atoms with E-state index in [4.69, 9.17) is 4.74 Å². The van der Waals surface area contributed by atoms with Gasteiger partial charge >= 0.3 is 36.6 Å². The molecule has 0 spiro atoms. The molecule has 6 nitrogen and oxygen atoms in total. The summed E-state index contributed by atoms with van der Waals surface area (Å²) < 4.78 is 162. The maximum Gasteiger partial charge on any atom is 0.430 e. The molecule has 0 aliphatic heterocycles. The third kappa shape index (κ3) is 10.5. The number of aliphatic hydroxyl groups is 2. The summed E-state index contributed by atoms with van der Waals surface area (Å²) in [6, 6.07) is 0. The van der Waals surface area contributed by atoms with Crippen LogP contribution in [0, 0.1) is 17.3 Å². The molecule has 0 saturated carbocycles. The van der Waals surface area contributed by atoms with Crippen molar-refractivity contribution >= 4 is 11.9 Å². The average molecular weight is 677 g/mol. The molecule has 0 rings (SSSR count). The Bertz CT molecular complexity index is 906. The number of esters is 2. The first-order chi connectivity index (χ1) is 19.1. The second-order valence-electron chi connectivity index (χ2n) is 11.9. The Balaban J connectivity index is 0. The van der Waals surface area contributed by atoms with Crippen molar-refractivity contribution in [2.24, 2.45) is 17.3 Å². The molecule has 0 aromatic heterocycles. The molecule has 18 heteroatoms. The Morgan fingerprint density at radius 1 is 0.705 bits per heavy atom. The zero-order valence-electron chi connectivity index (χ0n) is 25.6. The highest BCUT2D eigenvalue weighted by Gasteiger charge is 2.79. The first-order valence-electron chi connectivity index (χ1n) is 13.2. The molecule has 0 aromatic rings. The van der Waals surface area contributed by atoms with Crippen LogP contribution in [0.15, 0.2) is 0 Å². The summed E-state index contributed by atoms with van der Waals surface area (Å²) in [5, 5.41) is 18.5. The fourth-order valence-electron chi connectivity index (χ4n) is 3.30. The number of carbonyl (C=O) groups is 2. The van der Waals surface area contributed by atoms with Gasteiger partial charge in [-0.25, -0.2) is 0 Å². The number of rotatable bonds is 11. The molecule has 0 bridgehead atoms. The van der Waals surface area contributed by atoms with E-state index in [9.17, 15) is 72.5 Å². The third-order valence-electron chi connectivity index (χ3n) is 6.97. The topological polar surface area (TPSA) is 93.1 Å². The van der Waals surface area contributed by atoms with Gasteiger partial charge in [0.1, 0.15) is 6.10 Å². The monoisotopic (exact) mass is 676 g/mol. The van der Waals surface area contributed by atoms with Crippen molar-refractivity contribution in [3.05, 3.63) is 0 Å². The highest BCUT2D eigenvalue weighted by Crippen LogP contribution is 2.51. The van der Waals surface area contributed by atoms with Crippen LogP contribution in [-0.4, -0.2) is 69.8 Å². The summed E-state index contributed by atoms with van der Waals surface area (Å²) in [7, 11) is 0. The van der Waals surface area contributed by atoms with Crippen molar-refractivity contribution in [3.8, 4) is 0 Å². The van der Waals surface area contributed by atoms with Crippen LogP contribution in [0.4, 0.5) is 52.7 Å². The summed E-state index contributed by atoms with van der Waals surface area (Å²) >= 11 is 0. The number of ether oxygens (including phenoxy) is 2. The van der Waals surface area contributed by atoms with Crippen LogP contribution in [0.25, 0.3) is 0 Å². The Labute approximate surface area is 247 Å². The molecule has 44 heavy (non-hydrogen) atoms. The predicted octanol–water partition coefficient (Wildman–Crippen LogP) is 7.84. The molecule has 264 valence electrons. The maximum atomic E-state index is 12.8. The molecular formula is C26H40F12O6. The first-order valence-corrected chi connectivity index (χ1v) is 13.2. The van der Waals surface area contributed by atoms with E-state index in [1.54, 1.807) is 20.8 Å². The van der Waals surface area contributed by atoms with Crippen LogP contribution < -0.4 is 0 Å². The SMILES string of the molecule is CCC(C)(C)C(=O)OC(C)(C)C(O)(C(F)(F)F)C(F)(F)F.CCC(C)C(=O)OC(CC(C)C)CC(O)(C(F)(F)F)C(F)(F)F. The summed E-state index contributed by atoms with van der Waals surface area (Å²) in [6.07, 6.45) is -27.2. The molecule has 0 aliphatic rings. The van der Waals surface area contributed by atoms with Crippen molar-refractivity contribution in [2.75, 3.05) is 0 Å². The zero-order chi connectivity index (χ0) is 36.1.